The van der Waals surface area contributed by atoms with Gasteiger partial charge in [0.2, 0.25) is 0 Å². The lowest BCUT2D eigenvalue weighted by atomic mass is 9.79. The molecule has 1 rings (SSSR count). The fraction of sp³-hybridized carbons (Fsp3) is 1.00. The highest BCUT2D eigenvalue weighted by Crippen LogP contribution is 2.31. The summed E-state index contributed by atoms with van der Waals surface area (Å²) in [5.74, 6) is 0. The molecular weight excluding hydrogens is 150 g/mol. The molecule has 0 aromatic heterocycles. The molecule has 1 saturated carbocycles. The number of unbranched alkanes of at least 4 members (excludes halogenated alkanes) is 1. The van der Waals surface area contributed by atoms with Crippen molar-refractivity contribution in [3.05, 3.63) is 0 Å². The molecule has 0 radical (unpaired) electrons. The van der Waals surface area contributed by atoms with Gasteiger partial charge in [0.15, 0.2) is 0 Å². The van der Waals surface area contributed by atoms with E-state index in [0.717, 1.165) is 19.3 Å². The van der Waals surface area contributed by atoms with Gasteiger partial charge in [0.25, 0.3) is 0 Å². The van der Waals surface area contributed by atoms with Crippen LogP contribution in [0.1, 0.15) is 58.3 Å². The van der Waals surface area contributed by atoms with Crippen molar-refractivity contribution in [1.82, 2.24) is 5.48 Å². The van der Waals surface area contributed by atoms with Gasteiger partial charge in [0.05, 0.1) is 0 Å². The van der Waals surface area contributed by atoms with Crippen LogP contribution in [0.15, 0.2) is 0 Å². The third-order valence-corrected chi connectivity index (χ3v) is 3.06. The van der Waals surface area contributed by atoms with E-state index in [2.05, 4.69) is 12.4 Å². The largest absolute Gasteiger partial charge is 0.316 e. The second kappa shape index (κ2) is 4.83. The number of hydrogen-bond acceptors (Lipinski definition) is 2. The average Bonchev–Trinajstić information content (AvgIpc) is 2.16. The van der Waals surface area contributed by atoms with E-state index in [1.165, 1.54) is 32.1 Å². The molecule has 0 aromatic carbocycles. The molecule has 0 atom stereocenters. The van der Waals surface area contributed by atoms with Gasteiger partial charge in [-0.2, -0.15) is 5.48 Å². The minimum atomic E-state index is 0.0776. The summed E-state index contributed by atoms with van der Waals surface area (Å²) in [6.45, 7) is 2.20. The second-order valence-corrected chi connectivity index (χ2v) is 4.06. The molecule has 2 heteroatoms. The highest BCUT2D eigenvalue weighted by atomic mass is 16.5. The van der Waals surface area contributed by atoms with Crippen molar-refractivity contribution >= 4 is 0 Å². The van der Waals surface area contributed by atoms with Crippen LogP contribution in [-0.2, 0) is 0 Å². The maximum absolute atomic E-state index is 9.12. The first-order valence-electron chi connectivity index (χ1n) is 5.24. The van der Waals surface area contributed by atoms with Crippen LogP contribution in [0.2, 0.25) is 0 Å². The fourth-order valence-electron chi connectivity index (χ4n) is 2.16. The van der Waals surface area contributed by atoms with Crippen molar-refractivity contribution in [1.29, 1.82) is 0 Å². The fourth-order valence-corrected chi connectivity index (χ4v) is 2.16. The Hall–Kier alpha value is -0.0800. The number of hydrogen-bond donors (Lipinski definition) is 2. The first kappa shape index (κ1) is 10.0. The molecule has 1 aliphatic rings. The standard InChI is InChI=1S/C10H21NO/c1-2-3-7-10(11-12)8-5-4-6-9-10/h11-12H,2-9H2,1H3. The Balaban J connectivity index is 2.37. The maximum atomic E-state index is 9.12. The Labute approximate surface area is 75.3 Å². The van der Waals surface area contributed by atoms with Crippen LogP contribution in [0, 0.1) is 0 Å². The highest BCUT2D eigenvalue weighted by Gasteiger charge is 2.30. The third-order valence-electron chi connectivity index (χ3n) is 3.06. The van der Waals surface area contributed by atoms with Crippen molar-refractivity contribution < 1.29 is 5.21 Å². The van der Waals surface area contributed by atoms with Crippen molar-refractivity contribution in [2.75, 3.05) is 0 Å². The van der Waals surface area contributed by atoms with Gasteiger partial charge >= 0.3 is 0 Å². The zero-order chi connectivity index (χ0) is 8.86. The quantitative estimate of drug-likeness (QED) is 0.637. The Morgan fingerprint density at radius 1 is 1.25 bits per heavy atom. The summed E-state index contributed by atoms with van der Waals surface area (Å²) in [7, 11) is 0. The molecule has 0 saturated heterocycles. The molecule has 2 N–H and O–H groups in total. The first-order valence-corrected chi connectivity index (χ1v) is 5.24. The predicted octanol–water partition coefficient (Wildman–Crippen LogP) is 2.86. The molecule has 0 aromatic rings. The van der Waals surface area contributed by atoms with E-state index in [4.69, 9.17) is 5.21 Å². The molecule has 0 bridgehead atoms. The molecule has 2 nitrogen and oxygen atoms in total. The number of hydroxylamine groups is 1. The van der Waals surface area contributed by atoms with Crippen molar-refractivity contribution in [3.8, 4) is 0 Å². The van der Waals surface area contributed by atoms with E-state index in [9.17, 15) is 0 Å². The third kappa shape index (κ3) is 2.46. The molecular formula is C10H21NO. The summed E-state index contributed by atoms with van der Waals surface area (Å²) in [5, 5.41) is 9.12. The van der Waals surface area contributed by atoms with Gasteiger partial charge in [-0.05, 0) is 19.3 Å². The Morgan fingerprint density at radius 3 is 2.42 bits per heavy atom. The van der Waals surface area contributed by atoms with Gasteiger partial charge in [-0.3, -0.25) is 0 Å². The summed E-state index contributed by atoms with van der Waals surface area (Å²) >= 11 is 0. The lowest BCUT2D eigenvalue weighted by Crippen LogP contribution is -2.44. The molecule has 0 aliphatic heterocycles. The number of nitrogens with one attached hydrogen (secondary N) is 1. The molecule has 0 heterocycles. The van der Waals surface area contributed by atoms with Crippen molar-refractivity contribution in [2.45, 2.75) is 63.8 Å². The van der Waals surface area contributed by atoms with Gasteiger partial charge in [0, 0.05) is 5.54 Å². The zero-order valence-corrected chi connectivity index (χ0v) is 8.10. The SMILES string of the molecule is CCCCC1(NO)CCCCC1. The van der Waals surface area contributed by atoms with E-state index in [0.29, 0.717) is 0 Å². The van der Waals surface area contributed by atoms with E-state index in [1.807, 2.05) is 0 Å². The number of rotatable bonds is 4. The van der Waals surface area contributed by atoms with Gasteiger partial charge in [-0.15, -0.1) is 0 Å². The summed E-state index contributed by atoms with van der Waals surface area (Å²) < 4.78 is 0. The molecule has 1 fully saturated rings. The monoisotopic (exact) mass is 171 g/mol. The van der Waals surface area contributed by atoms with E-state index in [-0.39, 0.29) is 5.54 Å². The molecule has 0 spiro atoms. The van der Waals surface area contributed by atoms with Crippen LogP contribution in [0.4, 0.5) is 0 Å². The highest BCUT2D eigenvalue weighted by molar-refractivity contribution is 4.87. The van der Waals surface area contributed by atoms with Crippen LogP contribution in [0.5, 0.6) is 0 Å². The van der Waals surface area contributed by atoms with Gasteiger partial charge in [-0.25, -0.2) is 0 Å². The average molecular weight is 171 g/mol. The summed E-state index contributed by atoms with van der Waals surface area (Å²) in [6, 6.07) is 0. The predicted molar refractivity (Wildman–Crippen MR) is 50.3 cm³/mol. The Bertz CT molecular complexity index is 119. The smallest absolute Gasteiger partial charge is 0.0430 e. The van der Waals surface area contributed by atoms with E-state index < -0.39 is 0 Å². The van der Waals surface area contributed by atoms with Gasteiger partial charge in [-0.1, -0.05) is 39.0 Å². The summed E-state index contributed by atoms with van der Waals surface area (Å²) in [4.78, 5) is 0. The normalized spacial score (nSPS) is 22.5. The topological polar surface area (TPSA) is 32.3 Å². The van der Waals surface area contributed by atoms with Crippen molar-refractivity contribution in [3.63, 3.8) is 0 Å². The van der Waals surface area contributed by atoms with Crippen LogP contribution in [-0.4, -0.2) is 10.7 Å². The van der Waals surface area contributed by atoms with Gasteiger partial charge in [0.1, 0.15) is 0 Å². The van der Waals surface area contributed by atoms with Gasteiger partial charge < -0.3 is 5.21 Å². The first-order chi connectivity index (χ1) is 5.83. The zero-order valence-electron chi connectivity index (χ0n) is 8.10. The summed E-state index contributed by atoms with van der Waals surface area (Å²) in [5.41, 5.74) is 2.63. The van der Waals surface area contributed by atoms with E-state index in [1.54, 1.807) is 0 Å². The molecule has 0 amide bonds. The molecule has 12 heavy (non-hydrogen) atoms. The van der Waals surface area contributed by atoms with Crippen LogP contribution >= 0.6 is 0 Å². The van der Waals surface area contributed by atoms with Crippen LogP contribution in [0.3, 0.4) is 0 Å². The van der Waals surface area contributed by atoms with Crippen LogP contribution < -0.4 is 5.48 Å². The maximum Gasteiger partial charge on any atom is 0.0430 e. The van der Waals surface area contributed by atoms with E-state index >= 15 is 0 Å². The van der Waals surface area contributed by atoms with Crippen LogP contribution in [0.25, 0.3) is 0 Å². The lowest BCUT2D eigenvalue weighted by Gasteiger charge is -2.35. The molecule has 0 unspecified atom stereocenters. The molecule has 72 valence electrons. The lowest BCUT2D eigenvalue weighted by molar-refractivity contribution is 0.0296. The Morgan fingerprint density at radius 2 is 1.92 bits per heavy atom. The van der Waals surface area contributed by atoms with Crippen molar-refractivity contribution in [2.24, 2.45) is 0 Å². The minimum Gasteiger partial charge on any atom is -0.316 e. The second-order valence-electron chi connectivity index (χ2n) is 4.06. The Kier molecular flexibility index (Phi) is 4.02. The molecule has 1 aliphatic carbocycles. The summed E-state index contributed by atoms with van der Waals surface area (Å²) in [6.07, 6.45) is 9.80. The minimum absolute atomic E-state index is 0.0776.